The fraction of sp³-hybridized carbons (Fsp3) is 0.0870. The van der Waals surface area contributed by atoms with Crippen molar-refractivity contribution in [3.8, 4) is 6.07 Å². The van der Waals surface area contributed by atoms with Crippen LogP contribution in [0.1, 0.15) is 21.5 Å². The third kappa shape index (κ3) is 6.92. The Balaban J connectivity index is 1.56. The van der Waals surface area contributed by atoms with E-state index in [0.717, 1.165) is 5.56 Å². The summed E-state index contributed by atoms with van der Waals surface area (Å²) in [6.45, 7) is -0.510. The van der Waals surface area contributed by atoms with Gasteiger partial charge in [-0.15, -0.1) is 11.8 Å². The van der Waals surface area contributed by atoms with Crippen LogP contribution >= 0.6 is 11.8 Å². The molecular formula is C23H19N3O5S2. The van der Waals surface area contributed by atoms with E-state index in [9.17, 15) is 18.0 Å². The lowest BCUT2D eigenvalue weighted by molar-refractivity contribution is -0.119. The summed E-state index contributed by atoms with van der Waals surface area (Å²) in [6, 6.07) is 21.4. The van der Waals surface area contributed by atoms with Gasteiger partial charge in [-0.2, -0.15) is 5.26 Å². The van der Waals surface area contributed by atoms with E-state index in [1.807, 2.05) is 12.1 Å². The van der Waals surface area contributed by atoms with Crippen LogP contribution in [0.2, 0.25) is 0 Å². The summed E-state index contributed by atoms with van der Waals surface area (Å²) in [6.07, 6.45) is 0. The molecule has 10 heteroatoms. The molecule has 0 aromatic heterocycles. The Hall–Kier alpha value is -3.65. The van der Waals surface area contributed by atoms with Crippen molar-refractivity contribution in [3.05, 3.63) is 89.5 Å². The van der Waals surface area contributed by atoms with Crippen molar-refractivity contribution in [2.45, 2.75) is 15.5 Å². The summed E-state index contributed by atoms with van der Waals surface area (Å²) in [5, 5.41) is 16.4. The molecule has 1 amide bonds. The van der Waals surface area contributed by atoms with Gasteiger partial charge < -0.3 is 10.1 Å². The highest BCUT2D eigenvalue weighted by atomic mass is 32.2. The fourth-order valence-electron chi connectivity index (χ4n) is 2.73. The van der Waals surface area contributed by atoms with Crippen LogP contribution in [0.3, 0.4) is 0 Å². The van der Waals surface area contributed by atoms with Crippen molar-refractivity contribution in [1.82, 2.24) is 0 Å². The summed E-state index contributed by atoms with van der Waals surface area (Å²) in [4.78, 5) is 25.3. The molecule has 3 aromatic rings. The molecule has 33 heavy (non-hydrogen) atoms. The van der Waals surface area contributed by atoms with Crippen LogP contribution < -0.4 is 10.5 Å². The smallest absolute Gasteiger partial charge is 0.339 e. The van der Waals surface area contributed by atoms with Crippen LogP contribution in [0.5, 0.6) is 0 Å². The monoisotopic (exact) mass is 481 g/mol. The third-order valence-corrected chi connectivity index (χ3v) is 6.46. The van der Waals surface area contributed by atoms with E-state index >= 15 is 0 Å². The molecule has 0 aliphatic heterocycles. The van der Waals surface area contributed by atoms with E-state index in [1.165, 1.54) is 36.0 Å². The minimum absolute atomic E-state index is 0.0814. The van der Waals surface area contributed by atoms with Gasteiger partial charge in [-0.1, -0.05) is 24.3 Å². The zero-order valence-electron chi connectivity index (χ0n) is 17.2. The minimum atomic E-state index is -3.83. The number of esters is 1. The molecule has 0 aliphatic carbocycles. The van der Waals surface area contributed by atoms with Gasteiger partial charge >= 0.3 is 5.97 Å². The van der Waals surface area contributed by atoms with Gasteiger partial charge in [0.2, 0.25) is 10.0 Å². The first-order valence-corrected chi connectivity index (χ1v) is 12.1. The van der Waals surface area contributed by atoms with E-state index in [-0.39, 0.29) is 4.90 Å². The van der Waals surface area contributed by atoms with Crippen molar-refractivity contribution >= 4 is 39.3 Å². The number of nitrogens with zero attached hydrogens (tertiary/aromatic N) is 1. The Labute approximate surface area is 195 Å². The second-order valence-corrected chi connectivity index (χ2v) is 9.37. The van der Waals surface area contributed by atoms with Gasteiger partial charge in [-0.3, -0.25) is 4.79 Å². The Morgan fingerprint density at radius 2 is 1.67 bits per heavy atom. The number of nitrogens with one attached hydrogen (secondary N) is 1. The molecule has 0 saturated heterocycles. The highest BCUT2D eigenvalue weighted by Gasteiger charge is 2.15. The Bertz CT molecular complexity index is 1300. The fourth-order valence-corrected chi connectivity index (χ4v) is 4.24. The zero-order valence-corrected chi connectivity index (χ0v) is 18.9. The number of carbonyl (C=O) groups excluding carboxylic acids is 2. The number of nitriles is 1. The summed E-state index contributed by atoms with van der Waals surface area (Å²) < 4.78 is 27.7. The highest BCUT2D eigenvalue weighted by Crippen LogP contribution is 2.27. The third-order valence-electron chi connectivity index (χ3n) is 4.39. The molecule has 3 aromatic carbocycles. The van der Waals surface area contributed by atoms with Gasteiger partial charge in [-0.25, -0.2) is 18.4 Å². The number of amides is 1. The van der Waals surface area contributed by atoms with Crippen molar-refractivity contribution in [1.29, 1.82) is 5.26 Å². The van der Waals surface area contributed by atoms with Crippen LogP contribution in [0.25, 0.3) is 0 Å². The summed E-state index contributed by atoms with van der Waals surface area (Å²) >= 11 is 1.44. The predicted octanol–water partition coefficient (Wildman–Crippen LogP) is 3.29. The van der Waals surface area contributed by atoms with Crippen molar-refractivity contribution in [2.75, 3.05) is 11.9 Å². The number of carbonyl (C=O) groups is 2. The molecule has 3 N–H and O–H groups in total. The molecule has 168 valence electrons. The lowest BCUT2D eigenvalue weighted by atomic mass is 10.2. The van der Waals surface area contributed by atoms with Gasteiger partial charge in [-0.05, 0) is 54.1 Å². The molecule has 0 radical (unpaired) electrons. The molecule has 0 fully saturated rings. The van der Waals surface area contributed by atoms with Gasteiger partial charge in [0.15, 0.2) is 6.61 Å². The summed E-state index contributed by atoms with van der Waals surface area (Å²) in [7, 11) is -3.83. The lowest BCUT2D eigenvalue weighted by Gasteiger charge is -2.10. The van der Waals surface area contributed by atoms with Crippen LogP contribution in [-0.2, 0) is 25.3 Å². The van der Waals surface area contributed by atoms with Crippen molar-refractivity contribution in [3.63, 3.8) is 0 Å². The number of benzene rings is 3. The molecule has 0 bridgehead atoms. The number of primary sulfonamides is 1. The van der Waals surface area contributed by atoms with Gasteiger partial charge in [0, 0.05) is 16.3 Å². The normalized spacial score (nSPS) is 10.8. The first kappa shape index (κ1) is 24.0. The molecule has 0 saturated carbocycles. The van der Waals surface area contributed by atoms with Crippen molar-refractivity contribution < 1.29 is 22.7 Å². The van der Waals surface area contributed by atoms with Gasteiger partial charge in [0.05, 0.1) is 22.1 Å². The topological polar surface area (TPSA) is 139 Å². The molecule has 0 atom stereocenters. The van der Waals surface area contributed by atoms with Gasteiger partial charge in [0.25, 0.3) is 5.91 Å². The molecule has 0 spiro atoms. The SMILES string of the molecule is N#Cc1ccc(CSc2ccccc2C(=O)OCC(=O)Nc2ccc(S(N)(=O)=O)cc2)cc1. The first-order valence-electron chi connectivity index (χ1n) is 9.57. The minimum Gasteiger partial charge on any atom is -0.452 e. The number of thioether (sulfide) groups is 1. The number of sulfonamides is 1. The predicted molar refractivity (Wildman–Crippen MR) is 124 cm³/mol. The maximum atomic E-state index is 12.5. The lowest BCUT2D eigenvalue weighted by Crippen LogP contribution is -2.21. The van der Waals surface area contributed by atoms with Gasteiger partial charge in [0.1, 0.15) is 0 Å². The van der Waals surface area contributed by atoms with E-state index in [1.54, 1.807) is 36.4 Å². The molecule has 0 unspecified atom stereocenters. The maximum absolute atomic E-state index is 12.5. The van der Waals surface area contributed by atoms with Crippen LogP contribution in [0.15, 0.2) is 82.6 Å². The Morgan fingerprint density at radius 1 is 1.00 bits per heavy atom. The number of ether oxygens (including phenoxy) is 1. The second kappa shape index (κ2) is 10.8. The molecule has 3 rings (SSSR count). The Kier molecular flexibility index (Phi) is 7.84. The second-order valence-electron chi connectivity index (χ2n) is 6.79. The van der Waals surface area contributed by atoms with Crippen LogP contribution in [0, 0.1) is 11.3 Å². The molecule has 0 heterocycles. The van der Waals surface area contributed by atoms with Crippen molar-refractivity contribution in [2.24, 2.45) is 5.14 Å². The van der Waals surface area contributed by atoms with E-state index in [2.05, 4.69) is 11.4 Å². The zero-order chi connectivity index (χ0) is 23.8. The number of hydrogen-bond acceptors (Lipinski definition) is 7. The number of anilines is 1. The van der Waals surface area contributed by atoms with Crippen LogP contribution in [-0.4, -0.2) is 26.9 Å². The largest absolute Gasteiger partial charge is 0.452 e. The van der Waals surface area contributed by atoms with E-state index in [0.29, 0.717) is 27.5 Å². The first-order chi connectivity index (χ1) is 15.8. The highest BCUT2D eigenvalue weighted by molar-refractivity contribution is 7.98. The molecular weight excluding hydrogens is 462 g/mol. The number of nitrogens with two attached hydrogens (primary N) is 1. The number of rotatable bonds is 8. The summed E-state index contributed by atoms with van der Waals surface area (Å²) in [5.41, 5.74) is 2.24. The summed E-state index contributed by atoms with van der Waals surface area (Å²) in [5.74, 6) is -0.627. The number of hydrogen-bond donors (Lipinski definition) is 2. The quantitative estimate of drug-likeness (QED) is 0.372. The average Bonchev–Trinajstić information content (AvgIpc) is 2.81. The van der Waals surface area contributed by atoms with Crippen LogP contribution in [0.4, 0.5) is 5.69 Å². The average molecular weight is 482 g/mol. The maximum Gasteiger partial charge on any atom is 0.339 e. The van der Waals surface area contributed by atoms with E-state index < -0.39 is 28.5 Å². The molecule has 8 nitrogen and oxygen atoms in total. The standard InChI is InChI=1S/C23H19N3O5S2/c24-13-16-5-7-17(8-6-16)15-32-21-4-2-1-3-20(21)23(28)31-14-22(27)26-18-9-11-19(12-10-18)33(25,29)30/h1-12H,14-15H2,(H,26,27)(H2,25,29,30). The molecule has 0 aliphatic rings. The Morgan fingerprint density at radius 3 is 2.30 bits per heavy atom. The van der Waals surface area contributed by atoms with E-state index in [4.69, 9.17) is 15.1 Å².